The van der Waals surface area contributed by atoms with Crippen molar-refractivity contribution in [1.29, 1.82) is 0 Å². The van der Waals surface area contributed by atoms with Crippen LogP contribution in [0.15, 0.2) is 83.3 Å². The average molecular weight is 726 g/mol. The van der Waals surface area contributed by atoms with Crippen LogP contribution in [0.25, 0.3) is 0 Å². The summed E-state index contributed by atoms with van der Waals surface area (Å²) in [7, 11) is -3.80. The maximum absolute atomic E-state index is 14.1. The number of nitrogens with zero attached hydrogens (tertiary/aromatic N) is 2. The molecule has 1 N–H and O–H groups in total. The normalized spacial score (nSPS) is 12.5. The molecule has 3 aromatic carbocycles. The molecule has 3 rings (SSSR count). The van der Waals surface area contributed by atoms with E-state index in [9.17, 15) is 18.0 Å². The molecule has 0 aromatic heterocycles. The molecule has 0 fully saturated rings. The minimum atomic E-state index is -3.80. The molecule has 0 aliphatic heterocycles. The molecule has 0 spiro atoms. The molecule has 0 heterocycles. The van der Waals surface area contributed by atoms with E-state index in [0.29, 0.717) is 5.69 Å². The Labute approximate surface area is 253 Å². The number of carbonyl (C=O) groups is 2. The van der Waals surface area contributed by atoms with Crippen LogP contribution in [0.3, 0.4) is 0 Å². The second kappa shape index (κ2) is 13.3. The van der Waals surface area contributed by atoms with Crippen LogP contribution in [0.5, 0.6) is 0 Å². The summed E-state index contributed by atoms with van der Waals surface area (Å²) in [6.45, 7) is 5.33. The number of benzene rings is 3. The largest absolute Gasteiger partial charge is 0.350 e. The molecular formula is C29H33BrIN3O4S. The van der Waals surface area contributed by atoms with Gasteiger partial charge in [-0.1, -0.05) is 58.4 Å². The van der Waals surface area contributed by atoms with E-state index in [0.717, 1.165) is 29.7 Å². The molecule has 0 saturated heterocycles. The Kier molecular flexibility index (Phi) is 10.6. The van der Waals surface area contributed by atoms with Crippen molar-refractivity contribution < 1.29 is 18.0 Å². The number of anilines is 1. The van der Waals surface area contributed by atoms with Gasteiger partial charge in [0.15, 0.2) is 0 Å². The molecule has 0 aliphatic carbocycles. The van der Waals surface area contributed by atoms with Gasteiger partial charge in [0.05, 0.1) is 11.9 Å². The van der Waals surface area contributed by atoms with Crippen LogP contribution in [0.1, 0.15) is 31.9 Å². The molecule has 39 heavy (non-hydrogen) atoms. The van der Waals surface area contributed by atoms with E-state index in [2.05, 4.69) is 43.8 Å². The molecule has 3 aromatic rings. The maximum Gasteiger partial charge on any atom is 0.244 e. The molecule has 208 valence electrons. The van der Waals surface area contributed by atoms with Gasteiger partial charge in [-0.3, -0.25) is 13.9 Å². The zero-order chi connectivity index (χ0) is 28.8. The standard InChI is InChI=1S/C29H33BrIN3O4S/c1-29(2,3)32-28(36)26(18-21-9-6-5-7-10-21)33(19-22-11-8-12-23(30)17-22)27(35)20-34(39(4,37)38)25-15-13-24(31)14-16-25/h5-17,26H,18-20H2,1-4H3,(H,32,36)/t26-/m1/s1. The monoisotopic (exact) mass is 725 g/mol. The molecule has 2 amide bonds. The number of sulfonamides is 1. The lowest BCUT2D eigenvalue weighted by Gasteiger charge is -2.35. The van der Waals surface area contributed by atoms with Gasteiger partial charge in [0.1, 0.15) is 12.6 Å². The molecule has 1 atom stereocenters. The summed E-state index contributed by atoms with van der Waals surface area (Å²) in [5, 5.41) is 3.02. The van der Waals surface area contributed by atoms with Gasteiger partial charge >= 0.3 is 0 Å². The smallest absolute Gasteiger partial charge is 0.244 e. The first-order chi connectivity index (χ1) is 18.2. The van der Waals surface area contributed by atoms with E-state index < -0.39 is 34.1 Å². The number of rotatable bonds is 10. The van der Waals surface area contributed by atoms with Crippen LogP contribution in [0.2, 0.25) is 0 Å². The van der Waals surface area contributed by atoms with Crippen molar-refractivity contribution >= 4 is 66.0 Å². The van der Waals surface area contributed by atoms with E-state index in [1.165, 1.54) is 4.90 Å². The summed E-state index contributed by atoms with van der Waals surface area (Å²) < 4.78 is 28.5. The molecule has 0 unspecified atom stereocenters. The quantitative estimate of drug-likeness (QED) is 0.285. The molecule has 0 bridgehead atoms. The third-order valence-corrected chi connectivity index (χ3v) is 8.16. The summed E-state index contributed by atoms with van der Waals surface area (Å²) in [6, 6.07) is 23.0. The fourth-order valence-corrected chi connectivity index (χ4v) is 5.72. The maximum atomic E-state index is 14.1. The first-order valence-electron chi connectivity index (χ1n) is 12.4. The van der Waals surface area contributed by atoms with Crippen molar-refractivity contribution in [2.24, 2.45) is 0 Å². The molecule has 10 heteroatoms. The fourth-order valence-electron chi connectivity index (χ4n) is 4.06. The van der Waals surface area contributed by atoms with Gasteiger partial charge < -0.3 is 10.2 Å². The van der Waals surface area contributed by atoms with Crippen LogP contribution in [-0.4, -0.2) is 49.5 Å². The van der Waals surface area contributed by atoms with Crippen molar-refractivity contribution in [3.05, 3.63) is 98.0 Å². The highest BCUT2D eigenvalue weighted by Crippen LogP contribution is 2.22. The summed E-state index contributed by atoms with van der Waals surface area (Å²) in [6.07, 6.45) is 1.34. The van der Waals surface area contributed by atoms with Crippen LogP contribution < -0.4 is 9.62 Å². The molecule has 0 aliphatic rings. The lowest BCUT2D eigenvalue weighted by Crippen LogP contribution is -2.56. The van der Waals surface area contributed by atoms with Crippen molar-refractivity contribution in [2.75, 3.05) is 17.1 Å². The van der Waals surface area contributed by atoms with E-state index in [4.69, 9.17) is 0 Å². The van der Waals surface area contributed by atoms with E-state index in [1.54, 1.807) is 24.3 Å². The number of amides is 2. The van der Waals surface area contributed by atoms with Crippen molar-refractivity contribution in [3.63, 3.8) is 0 Å². The van der Waals surface area contributed by atoms with E-state index >= 15 is 0 Å². The second-order valence-electron chi connectivity index (χ2n) is 10.3. The number of carbonyl (C=O) groups excluding carboxylic acids is 2. The van der Waals surface area contributed by atoms with Gasteiger partial charge in [0.25, 0.3) is 0 Å². The third kappa shape index (κ3) is 9.61. The van der Waals surface area contributed by atoms with Gasteiger partial charge in [-0.25, -0.2) is 8.42 Å². The lowest BCUT2D eigenvalue weighted by atomic mass is 10.0. The molecule has 7 nitrogen and oxygen atoms in total. The van der Waals surface area contributed by atoms with Crippen molar-refractivity contribution in [1.82, 2.24) is 10.2 Å². The Balaban J connectivity index is 2.07. The Hall–Kier alpha value is -2.44. The van der Waals surface area contributed by atoms with E-state index in [1.807, 2.05) is 75.4 Å². The van der Waals surface area contributed by atoms with Gasteiger partial charge in [-0.2, -0.15) is 0 Å². The van der Waals surface area contributed by atoms with E-state index in [-0.39, 0.29) is 18.9 Å². The highest BCUT2D eigenvalue weighted by Gasteiger charge is 2.34. The Morgan fingerprint density at radius 3 is 2.13 bits per heavy atom. The Morgan fingerprint density at radius 1 is 0.949 bits per heavy atom. The average Bonchev–Trinajstić information content (AvgIpc) is 2.84. The highest BCUT2D eigenvalue weighted by molar-refractivity contribution is 14.1. The Bertz CT molecular complexity index is 1390. The molecular weight excluding hydrogens is 693 g/mol. The topological polar surface area (TPSA) is 86.8 Å². The van der Waals surface area contributed by atoms with Crippen LogP contribution in [0.4, 0.5) is 5.69 Å². The zero-order valence-electron chi connectivity index (χ0n) is 22.4. The van der Waals surface area contributed by atoms with Gasteiger partial charge in [0.2, 0.25) is 21.8 Å². The van der Waals surface area contributed by atoms with Gasteiger partial charge in [-0.05, 0) is 90.9 Å². The number of hydrogen-bond donors (Lipinski definition) is 1. The summed E-state index contributed by atoms with van der Waals surface area (Å²) in [5.74, 6) is -0.793. The number of nitrogens with one attached hydrogen (secondary N) is 1. The predicted molar refractivity (Wildman–Crippen MR) is 168 cm³/mol. The van der Waals surface area contributed by atoms with Crippen LogP contribution >= 0.6 is 38.5 Å². The number of hydrogen-bond acceptors (Lipinski definition) is 4. The minimum absolute atomic E-state index is 0.123. The summed E-state index contributed by atoms with van der Waals surface area (Å²) in [4.78, 5) is 29.3. The predicted octanol–water partition coefficient (Wildman–Crippen LogP) is 5.37. The SMILES string of the molecule is CC(C)(C)NC(=O)[C@@H](Cc1ccccc1)N(Cc1cccc(Br)c1)C(=O)CN(c1ccc(I)cc1)S(C)(=O)=O. The highest BCUT2D eigenvalue weighted by atomic mass is 127. The lowest BCUT2D eigenvalue weighted by molar-refractivity contribution is -0.140. The molecule has 0 saturated carbocycles. The van der Waals surface area contributed by atoms with Crippen molar-refractivity contribution in [3.8, 4) is 0 Å². The summed E-state index contributed by atoms with van der Waals surface area (Å²) >= 11 is 5.62. The first kappa shape index (κ1) is 31.1. The molecule has 0 radical (unpaired) electrons. The third-order valence-electron chi connectivity index (χ3n) is 5.81. The van der Waals surface area contributed by atoms with Crippen molar-refractivity contribution in [2.45, 2.75) is 45.3 Å². The fraction of sp³-hybridized carbons (Fsp3) is 0.310. The Morgan fingerprint density at radius 2 is 1.56 bits per heavy atom. The second-order valence-corrected chi connectivity index (χ2v) is 14.4. The van der Waals surface area contributed by atoms with Crippen LogP contribution in [-0.2, 0) is 32.6 Å². The first-order valence-corrected chi connectivity index (χ1v) is 16.1. The summed E-state index contributed by atoms with van der Waals surface area (Å²) in [5.41, 5.74) is 1.54. The van der Waals surface area contributed by atoms with Gasteiger partial charge in [-0.15, -0.1) is 0 Å². The number of halogens is 2. The van der Waals surface area contributed by atoms with Crippen LogP contribution in [0, 0.1) is 3.57 Å². The van der Waals surface area contributed by atoms with Gasteiger partial charge in [0, 0.05) is 26.5 Å². The zero-order valence-corrected chi connectivity index (χ0v) is 27.0. The minimum Gasteiger partial charge on any atom is -0.350 e.